The molecule has 1 saturated carbocycles. The number of ether oxygens (including phenoxy) is 1. The third kappa shape index (κ3) is 3.46. The van der Waals surface area contributed by atoms with Gasteiger partial charge >= 0.3 is 0 Å². The van der Waals surface area contributed by atoms with E-state index in [0.717, 1.165) is 6.61 Å². The van der Waals surface area contributed by atoms with Gasteiger partial charge in [0.1, 0.15) is 0 Å². The molecule has 1 aliphatic carbocycles. The lowest BCUT2D eigenvalue weighted by Gasteiger charge is -2.36. The number of hydrogen-bond donors (Lipinski definition) is 0. The summed E-state index contributed by atoms with van der Waals surface area (Å²) in [5.74, 6) is 0. The van der Waals surface area contributed by atoms with Gasteiger partial charge in [-0.25, -0.2) is 0 Å². The van der Waals surface area contributed by atoms with E-state index in [1.807, 2.05) is 0 Å². The van der Waals surface area contributed by atoms with Crippen LogP contribution in [0.15, 0.2) is 0 Å². The van der Waals surface area contributed by atoms with Gasteiger partial charge in [0.05, 0.1) is 6.10 Å². The molecule has 2 heteroatoms. The lowest BCUT2D eigenvalue weighted by molar-refractivity contribution is 0.0955. The summed E-state index contributed by atoms with van der Waals surface area (Å²) in [6.45, 7) is 1.01. The average molecular weight is 289 g/mol. The van der Waals surface area contributed by atoms with Crippen molar-refractivity contribution in [1.82, 2.24) is 0 Å². The van der Waals surface area contributed by atoms with E-state index >= 15 is 0 Å². The standard InChI is InChI=1S/C14H25BrO/c15-12-14(8-2-1-3-9-14)10-4-6-13-7-5-11-16-13/h13H,1-12H2. The van der Waals surface area contributed by atoms with E-state index in [2.05, 4.69) is 15.9 Å². The number of alkyl halides is 1. The summed E-state index contributed by atoms with van der Waals surface area (Å²) < 4.78 is 5.70. The molecule has 0 spiro atoms. The van der Waals surface area contributed by atoms with Crippen molar-refractivity contribution < 1.29 is 4.74 Å². The second kappa shape index (κ2) is 6.39. The quantitative estimate of drug-likeness (QED) is 0.668. The fourth-order valence-corrected chi connectivity index (χ4v) is 4.17. The van der Waals surface area contributed by atoms with Crippen molar-refractivity contribution >= 4 is 15.9 Å². The Morgan fingerprint density at radius 1 is 1.12 bits per heavy atom. The Morgan fingerprint density at radius 3 is 2.56 bits per heavy atom. The fourth-order valence-electron chi connectivity index (χ4n) is 3.33. The van der Waals surface area contributed by atoms with Gasteiger partial charge in [-0.1, -0.05) is 41.6 Å². The molecular formula is C14H25BrO. The highest BCUT2D eigenvalue weighted by Crippen LogP contribution is 2.42. The Bertz CT molecular complexity index is 193. The van der Waals surface area contributed by atoms with Crippen molar-refractivity contribution in [3.63, 3.8) is 0 Å². The van der Waals surface area contributed by atoms with Gasteiger partial charge in [0.25, 0.3) is 0 Å². The minimum Gasteiger partial charge on any atom is -0.378 e. The van der Waals surface area contributed by atoms with Crippen LogP contribution in [0.3, 0.4) is 0 Å². The van der Waals surface area contributed by atoms with Crippen LogP contribution in [0.2, 0.25) is 0 Å². The predicted octanol–water partition coefficient (Wildman–Crippen LogP) is 4.68. The highest BCUT2D eigenvalue weighted by molar-refractivity contribution is 9.09. The summed E-state index contributed by atoms with van der Waals surface area (Å²) in [6.07, 6.45) is 14.5. The maximum absolute atomic E-state index is 5.70. The van der Waals surface area contributed by atoms with Crippen LogP contribution in [-0.4, -0.2) is 18.0 Å². The van der Waals surface area contributed by atoms with E-state index in [1.165, 1.54) is 69.5 Å². The zero-order valence-corrected chi connectivity index (χ0v) is 11.9. The Hall–Kier alpha value is 0.440. The Kier molecular flexibility index (Phi) is 5.15. The minimum atomic E-state index is 0.593. The molecule has 1 unspecified atom stereocenters. The molecule has 2 rings (SSSR count). The highest BCUT2D eigenvalue weighted by atomic mass is 79.9. The summed E-state index contributed by atoms with van der Waals surface area (Å²) in [4.78, 5) is 0. The van der Waals surface area contributed by atoms with Crippen LogP contribution < -0.4 is 0 Å². The van der Waals surface area contributed by atoms with E-state index in [-0.39, 0.29) is 0 Å². The molecular weight excluding hydrogens is 264 g/mol. The first kappa shape index (κ1) is 12.9. The van der Waals surface area contributed by atoms with Crippen molar-refractivity contribution in [1.29, 1.82) is 0 Å². The monoisotopic (exact) mass is 288 g/mol. The van der Waals surface area contributed by atoms with Crippen molar-refractivity contribution in [3.8, 4) is 0 Å². The molecule has 0 amide bonds. The molecule has 1 saturated heterocycles. The van der Waals surface area contributed by atoms with Gasteiger partial charge in [-0.15, -0.1) is 0 Å². The zero-order valence-electron chi connectivity index (χ0n) is 10.3. The summed E-state index contributed by atoms with van der Waals surface area (Å²) >= 11 is 3.75. The number of halogens is 1. The van der Waals surface area contributed by atoms with Gasteiger partial charge in [-0.05, 0) is 43.9 Å². The molecule has 2 aliphatic rings. The van der Waals surface area contributed by atoms with Crippen molar-refractivity contribution in [2.45, 2.75) is 70.3 Å². The third-order valence-corrected chi connectivity index (χ3v) is 5.64. The van der Waals surface area contributed by atoms with E-state index in [1.54, 1.807) is 0 Å². The highest BCUT2D eigenvalue weighted by Gasteiger charge is 2.30. The zero-order chi connectivity index (χ0) is 11.3. The third-order valence-electron chi connectivity index (χ3n) is 4.45. The smallest absolute Gasteiger partial charge is 0.0576 e. The lowest BCUT2D eigenvalue weighted by atomic mass is 9.72. The van der Waals surface area contributed by atoms with Crippen molar-refractivity contribution in [2.24, 2.45) is 5.41 Å². The van der Waals surface area contributed by atoms with E-state index < -0.39 is 0 Å². The summed E-state index contributed by atoms with van der Waals surface area (Å²) in [6, 6.07) is 0. The Morgan fingerprint density at radius 2 is 1.94 bits per heavy atom. The first-order valence-electron chi connectivity index (χ1n) is 7.02. The van der Waals surface area contributed by atoms with Crippen LogP contribution in [0.5, 0.6) is 0 Å². The van der Waals surface area contributed by atoms with Crippen LogP contribution in [0.1, 0.15) is 64.2 Å². The maximum atomic E-state index is 5.70. The van der Waals surface area contributed by atoms with Gasteiger partial charge < -0.3 is 4.74 Å². The molecule has 94 valence electrons. The number of rotatable bonds is 5. The summed E-state index contributed by atoms with van der Waals surface area (Å²) in [5, 5.41) is 1.21. The van der Waals surface area contributed by atoms with Gasteiger partial charge in [-0.2, -0.15) is 0 Å². The summed E-state index contributed by atoms with van der Waals surface area (Å²) in [7, 11) is 0. The van der Waals surface area contributed by atoms with Crippen LogP contribution in [-0.2, 0) is 4.74 Å². The molecule has 16 heavy (non-hydrogen) atoms. The first-order chi connectivity index (χ1) is 7.85. The van der Waals surface area contributed by atoms with Crippen molar-refractivity contribution in [2.75, 3.05) is 11.9 Å². The fraction of sp³-hybridized carbons (Fsp3) is 1.00. The van der Waals surface area contributed by atoms with E-state index in [4.69, 9.17) is 4.74 Å². The van der Waals surface area contributed by atoms with Gasteiger partial charge in [0, 0.05) is 11.9 Å². The number of hydrogen-bond acceptors (Lipinski definition) is 1. The Labute approximate surface area is 108 Å². The maximum Gasteiger partial charge on any atom is 0.0576 e. The molecule has 1 atom stereocenters. The molecule has 1 nitrogen and oxygen atoms in total. The largest absolute Gasteiger partial charge is 0.378 e. The average Bonchev–Trinajstić information content (AvgIpc) is 2.83. The second-order valence-electron chi connectivity index (χ2n) is 5.72. The molecule has 0 aromatic rings. The van der Waals surface area contributed by atoms with Crippen molar-refractivity contribution in [3.05, 3.63) is 0 Å². The van der Waals surface area contributed by atoms with Gasteiger partial charge in [0.15, 0.2) is 0 Å². The SMILES string of the molecule is BrCC1(CCCC2CCCO2)CCCCC1. The van der Waals surface area contributed by atoms with Crippen LogP contribution >= 0.6 is 15.9 Å². The van der Waals surface area contributed by atoms with E-state index in [9.17, 15) is 0 Å². The molecule has 0 bridgehead atoms. The first-order valence-corrected chi connectivity index (χ1v) is 8.14. The molecule has 2 fully saturated rings. The molecule has 1 aliphatic heterocycles. The normalized spacial score (nSPS) is 29.4. The van der Waals surface area contributed by atoms with Crippen LogP contribution in [0.4, 0.5) is 0 Å². The van der Waals surface area contributed by atoms with E-state index in [0.29, 0.717) is 11.5 Å². The molecule has 0 aromatic carbocycles. The van der Waals surface area contributed by atoms with Gasteiger partial charge in [-0.3, -0.25) is 0 Å². The van der Waals surface area contributed by atoms with Crippen LogP contribution in [0.25, 0.3) is 0 Å². The Balaban J connectivity index is 1.69. The topological polar surface area (TPSA) is 9.23 Å². The predicted molar refractivity (Wildman–Crippen MR) is 72.1 cm³/mol. The molecule has 0 aromatic heterocycles. The molecule has 1 heterocycles. The lowest BCUT2D eigenvalue weighted by Crippen LogP contribution is -2.26. The summed E-state index contributed by atoms with van der Waals surface area (Å²) in [5.41, 5.74) is 0.636. The minimum absolute atomic E-state index is 0.593. The van der Waals surface area contributed by atoms with Gasteiger partial charge in [0.2, 0.25) is 0 Å². The second-order valence-corrected chi connectivity index (χ2v) is 6.28. The molecule has 0 N–H and O–H groups in total. The van der Waals surface area contributed by atoms with Crippen LogP contribution in [0, 0.1) is 5.41 Å². The molecule has 0 radical (unpaired) electrons.